The molecule has 4 rings (SSSR count). The van der Waals surface area contributed by atoms with E-state index in [0.29, 0.717) is 19.5 Å². The summed E-state index contributed by atoms with van der Waals surface area (Å²) < 4.78 is 1.97. The molecule has 1 aliphatic heterocycles. The van der Waals surface area contributed by atoms with Crippen LogP contribution in [0.3, 0.4) is 0 Å². The number of rotatable bonds is 7. The van der Waals surface area contributed by atoms with E-state index in [9.17, 15) is 4.79 Å². The minimum atomic E-state index is -0.0572. The standard InChI is InChI=1S/C23H27N5O/c1-18-25-23-21(16-19-8-3-2-4-9-19)27(14-15-28(23)26-18)22(29)12-6-5-10-20-11-7-13-24-17-20/h2-4,7-9,11,13,17,21H,5-6,10,12,14-16H2,1H3/t21-/m0/s1. The van der Waals surface area contributed by atoms with Crippen molar-refractivity contribution in [2.75, 3.05) is 6.54 Å². The summed E-state index contributed by atoms with van der Waals surface area (Å²) in [6, 6.07) is 14.3. The molecule has 1 amide bonds. The topological polar surface area (TPSA) is 63.9 Å². The number of pyridine rings is 1. The second-order valence-electron chi connectivity index (χ2n) is 7.60. The van der Waals surface area contributed by atoms with E-state index in [-0.39, 0.29) is 11.9 Å². The first kappa shape index (κ1) is 19.3. The minimum absolute atomic E-state index is 0.0572. The summed E-state index contributed by atoms with van der Waals surface area (Å²) in [5.74, 6) is 1.88. The zero-order valence-corrected chi connectivity index (χ0v) is 16.9. The monoisotopic (exact) mass is 389 g/mol. The van der Waals surface area contributed by atoms with Crippen LogP contribution in [0.5, 0.6) is 0 Å². The van der Waals surface area contributed by atoms with Crippen molar-refractivity contribution >= 4 is 5.91 Å². The molecule has 0 fully saturated rings. The fourth-order valence-corrected chi connectivity index (χ4v) is 4.01. The Kier molecular flexibility index (Phi) is 5.98. The number of aromatic nitrogens is 4. The first-order chi connectivity index (χ1) is 14.2. The van der Waals surface area contributed by atoms with Gasteiger partial charge >= 0.3 is 0 Å². The molecule has 3 heterocycles. The zero-order valence-electron chi connectivity index (χ0n) is 16.9. The van der Waals surface area contributed by atoms with Crippen molar-refractivity contribution in [3.05, 3.63) is 77.6 Å². The average Bonchev–Trinajstić information content (AvgIpc) is 3.13. The largest absolute Gasteiger partial charge is 0.330 e. The molecule has 0 unspecified atom stereocenters. The van der Waals surface area contributed by atoms with Gasteiger partial charge in [0.15, 0.2) is 0 Å². The van der Waals surface area contributed by atoms with Gasteiger partial charge in [-0.3, -0.25) is 9.78 Å². The van der Waals surface area contributed by atoms with Crippen LogP contribution >= 0.6 is 0 Å². The van der Waals surface area contributed by atoms with E-state index in [1.807, 2.05) is 47.0 Å². The Labute approximate surface area is 171 Å². The van der Waals surface area contributed by atoms with E-state index in [0.717, 1.165) is 37.3 Å². The molecule has 3 aromatic rings. The summed E-state index contributed by atoms with van der Waals surface area (Å²) in [7, 11) is 0. The molecule has 1 aromatic carbocycles. The summed E-state index contributed by atoms with van der Waals surface area (Å²) in [6.45, 7) is 3.31. The van der Waals surface area contributed by atoms with Crippen molar-refractivity contribution in [2.45, 2.75) is 51.6 Å². The van der Waals surface area contributed by atoms with Gasteiger partial charge < -0.3 is 4.90 Å². The van der Waals surface area contributed by atoms with Crippen molar-refractivity contribution in [1.82, 2.24) is 24.6 Å². The molecule has 0 bridgehead atoms. The lowest BCUT2D eigenvalue weighted by molar-refractivity contribution is -0.135. The van der Waals surface area contributed by atoms with E-state index in [4.69, 9.17) is 0 Å². The number of carbonyl (C=O) groups excluding carboxylic acids is 1. The molecule has 0 spiro atoms. The number of nitrogens with zero attached hydrogens (tertiary/aromatic N) is 5. The normalized spacial score (nSPS) is 15.9. The summed E-state index contributed by atoms with van der Waals surface area (Å²) in [5.41, 5.74) is 2.43. The van der Waals surface area contributed by atoms with Gasteiger partial charge in [0.2, 0.25) is 5.91 Å². The number of amides is 1. The van der Waals surface area contributed by atoms with Gasteiger partial charge in [-0.25, -0.2) is 9.67 Å². The predicted molar refractivity (Wildman–Crippen MR) is 111 cm³/mol. The van der Waals surface area contributed by atoms with Crippen molar-refractivity contribution in [1.29, 1.82) is 0 Å². The Morgan fingerprint density at radius 3 is 2.69 bits per heavy atom. The first-order valence-corrected chi connectivity index (χ1v) is 10.3. The summed E-state index contributed by atoms with van der Waals surface area (Å²) in [4.78, 5) is 23.9. The Morgan fingerprint density at radius 2 is 1.90 bits per heavy atom. The molecule has 0 saturated heterocycles. The SMILES string of the molecule is Cc1nc2n(n1)CCN(C(=O)CCCCc1cccnc1)[C@H]2Cc1ccccc1. The number of hydrogen-bond acceptors (Lipinski definition) is 4. The summed E-state index contributed by atoms with van der Waals surface area (Å²) in [5, 5.41) is 4.51. The van der Waals surface area contributed by atoms with E-state index in [1.54, 1.807) is 6.20 Å². The maximum absolute atomic E-state index is 13.1. The second kappa shape index (κ2) is 8.99. The van der Waals surface area contributed by atoms with Crippen molar-refractivity contribution in [3.63, 3.8) is 0 Å². The first-order valence-electron chi connectivity index (χ1n) is 10.3. The molecule has 1 atom stereocenters. The molecule has 150 valence electrons. The molecule has 1 aliphatic rings. The van der Waals surface area contributed by atoms with Crippen LogP contribution in [0.4, 0.5) is 0 Å². The number of unbranched alkanes of at least 4 members (excludes halogenated alkanes) is 1. The highest BCUT2D eigenvalue weighted by atomic mass is 16.2. The van der Waals surface area contributed by atoms with Crippen LogP contribution in [0.2, 0.25) is 0 Å². The molecule has 0 saturated carbocycles. The predicted octanol–water partition coefficient (Wildman–Crippen LogP) is 3.52. The Balaban J connectivity index is 1.42. The van der Waals surface area contributed by atoms with Gasteiger partial charge in [0.1, 0.15) is 11.6 Å². The minimum Gasteiger partial charge on any atom is -0.330 e. The maximum Gasteiger partial charge on any atom is 0.223 e. The van der Waals surface area contributed by atoms with Crippen molar-refractivity contribution in [3.8, 4) is 0 Å². The third-order valence-corrected chi connectivity index (χ3v) is 5.45. The summed E-state index contributed by atoms with van der Waals surface area (Å²) >= 11 is 0. The molecule has 0 radical (unpaired) electrons. The molecule has 0 aliphatic carbocycles. The zero-order chi connectivity index (χ0) is 20.1. The van der Waals surface area contributed by atoms with E-state index >= 15 is 0 Å². The third-order valence-electron chi connectivity index (χ3n) is 5.45. The molecule has 29 heavy (non-hydrogen) atoms. The van der Waals surface area contributed by atoms with Gasteiger partial charge in [0.05, 0.1) is 12.6 Å². The maximum atomic E-state index is 13.1. The lowest BCUT2D eigenvalue weighted by Gasteiger charge is -2.35. The van der Waals surface area contributed by atoms with Crippen LogP contribution in [0, 0.1) is 6.92 Å². The van der Waals surface area contributed by atoms with Gasteiger partial charge in [-0.2, -0.15) is 5.10 Å². The van der Waals surface area contributed by atoms with Crippen LogP contribution in [0.15, 0.2) is 54.9 Å². The molecule has 6 heteroatoms. The van der Waals surface area contributed by atoms with E-state index in [1.165, 1.54) is 11.1 Å². The summed E-state index contributed by atoms with van der Waals surface area (Å²) in [6.07, 6.45) is 7.85. The Bertz CT molecular complexity index is 938. The van der Waals surface area contributed by atoms with Crippen LogP contribution < -0.4 is 0 Å². The van der Waals surface area contributed by atoms with Crippen LogP contribution in [0.25, 0.3) is 0 Å². The third kappa shape index (κ3) is 4.70. The highest BCUT2D eigenvalue weighted by molar-refractivity contribution is 5.76. The van der Waals surface area contributed by atoms with Crippen LogP contribution in [-0.4, -0.2) is 37.1 Å². The number of carbonyl (C=O) groups is 1. The fourth-order valence-electron chi connectivity index (χ4n) is 4.01. The quantitative estimate of drug-likeness (QED) is 0.580. The number of aryl methyl sites for hydroxylation is 2. The lowest BCUT2D eigenvalue weighted by Crippen LogP contribution is -2.43. The number of benzene rings is 1. The lowest BCUT2D eigenvalue weighted by atomic mass is 10.0. The van der Waals surface area contributed by atoms with Gasteiger partial charge in [-0.1, -0.05) is 36.4 Å². The Morgan fingerprint density at radius 1 is 1.07 bits per heavy atom. The van der Waals surface area contributed by atoms with Gasteiger partial charge in [0.25, 0.3) is 0 Å². The fraction of sp³-hybridized carbons (Fsp3) is 0.391. The van der Waals surface area contributed by atoms with Gasteiger partial charge in [-0.05, 0) is 43.4 Å². The van der Waals surface area contributed by atoms with Gasteiger partial charge in [0, 0.05) is 31.8 Å². The number of hydrogen-bond donors (Lipinski definition) is 0. The van der Waals surface area contributed by atoms with Gasteiger partial charge in [-0.15, -0.1) is 0 Å². The molecular formula is C23H27N5O. The average molecular weight is 390 g/mol. The highest BCUT2D eigenvalue weighted by Gasteiger charge is 2.33. The van der Waals surface area contributed by atoms with E-state index in [2.05, 4.69) is 33.3 Å². The smallest absolute Gasteiger partial charge is 0.223 e. The molecule has 6 nitrogen and oxygen atoms in total. The number of fused-ring (bicyclic) bond motifs is 1. The van der Waals surface area contributed by atoms with Crippen LogP contribution in [0.1, 0.15) is 48.1 Å². The van der Waals surface area contributed by atoms with E-state index < -0.39 is 0 Å². The molecule has 0 N–H and O–H groups in total. The Hall–Kier alpha value is -3.02. The van der Waals surface area contributed by atoms with Crippen molar-refractivity contribution < 1.29 is 4.79 Å². The van der Waals surface area contributed by atoms with Crippen LogP contribution in [-0.2, 0) is 24.2 Å². The molecule has 2 aromatic heterocycles. The second-order valence-corrected chi connectivity index (χ2v) is 7.60. The molecular weight excluding hydrogens is 362 g/mol. The van der Waals surface area contributed by atoms with Crippen molar-refractivity contribution in [2.24, 2.45) is 0 Å². The highest BCUT2D eigenvalue weighted by Crippen LogP contribution is 2.28.